The zero-order valence-electron chi connectivity index (χ0n) is 18.3. The minimum atomic E-state index is -0.0718. The van der Waals surface area contributed by atoms with Crippen LogP contribution in [0.3, 0.4) is 0 Å². The molecule has 1 N–H and O–H groups in total. The molecule has 30 heavy (non-hydrogen) atoms. The van der Waals surface area contributed by atoms with Crippen LogP contribution in [0.25, 0.3) is 0 Å². The number of hydrogen-bond donors (Lipinski definition) is 1. The summed E-state index contributed by atoms with van der Waals surface area (Å²) >= 11 is 0. The van der Waals surface area contributed by atoms with E-state index in [1.54, 1.807) is 18.2 Å². The average molecular weight is 417 g/mol. The largest absolute Gasteiger partial charge is 0.490 e. The van der Waals surface area contributed by atoms with Gasteiger partial charge in [-0.05, 0) is 57.2 Å². The lowest BCUT2D eigenvalue weighted by atomic mass is 9.96. The molecule has 1 aliphatic carbocycles. The topological polar surface area (TPSA) is 67.9 Å². The molecule has 1 saturated heterocycles. The van der Waals surface area contributed by atoms with E-state index in [0.717, 1.165) is 38.8 Å². The van der Waals surface area contributed by atoms with Crippen LogP contribution in [0.2, 0.25) is 0 Å². The molecule has 1 aromatic rings. The summed E-state index contributed by atoms with van der Waals surface area (Å²) in [6.45, 7) is 3.96. The fraction of sp³-hybridized carbons (Fsp3) is 0.667. The minimum absolute atomic E-state index is 0.00301. The second-order valence-electron chi connectivity index (χ2n) is 8.34. The van der Waals surface area contributed by atoms with Crippen LogP contribution in [0.1, 0.15) is 81.5 Å². The number of amides is 2. The summed E-state index contributed by atoms with van der Waals surface area (Å²) in [6, 6.07) is 5.46. The summed E-state index contributed by atoms with van der Waals surface area (Å²) < 4.78 is 11.5. The van der Waals surface area contributed by atoms with Gasteiger partial charge in [-0.15, -0.1) is 0 Å². The molecule has 3 rings (SSSR count). The van der Waals surface area contributed by atoms with Gasteiger partial charge < -0.3 is 19.7 Å². The highest BCUT2D eigenvalue weighted by Crippen LogP contribution is 2.29. The molecule has 166 valence electrons. The fourth-order valence-corrected chi connectivity index (χ4v) is 4.28. The van der Waals surface area contributed by atoms with Crippen molar-refractivity contribution in [2.24, 2.45) is 0 Å². The third-order valence-corrected chi connectivity index (χ3v) is 6.01. The number of piperidine rings is 1. The van der Waals surface area contributed by atoms with Gasteiger partial charge in [0.25, 0.3) is 11.8 Å². The number of ether oxygens (including phenoxy) is 2. The van der Waals surface area contributed by atoms with Crippen LogP contribution < -0.4 is 14.8 Å². The highest BCUT2D eigenvalue weighted by Gasteiger charge is 2.19. The average Bonchev–Trinajstić information content (AvgIpc) is 2.75. The van der Waals surface area contributed by atoms with Crippen molar-refractivity contribution in [1.29, 1.82) is 0 Å². The maximum atomic E-state index is 12.8. The molecule has 1 heterocycles. The number of benzene rings is 1. The van der Waals surface area contributed by atoms with Gasteiger partial charge in [0, 0.05) is 24.7 Å². The van der Waals surface area contributed by atoms with Crippen LogP contribution >= 0.6 is 0 Å². The Hall–Kier alpha value is -2.24. The Morgan fingerprint density at radius 3 is 2.30 bits per heavy atom. The molecular formula is C24H36N2O4. The molecule has 6 heteroatoms. The molecule has 0 atom stereocenters. The minimum Gasteiger partial charge on any atom is -0.490 e. The molecular weight excluding hydrogens is 380 g/mol. The first-order valence-electron chi connectivity index (χ1n) is 11.7. The first-order valence-corrected chi connectivity index (χ1v) is 11.7. The van der Waals surface area contributed by atoms with E-state index in [0.29, 0.717) is 23.7 Å². The van der Waals surface area contributed by atoms with Crippen molar-refractivity contribution in [1.82, 2.24) is 10.2 Å². The predicted octanol–water partition coefficient (Wildman–Crippen LogP) is 4.32. The first kappa shape index (κ1) is 22.4. The summed E-state index contributed by atoms with van der Waals surface area (Å²) in [4.78, 5) is 27.0. The molecule has 0 aromatic heterocycles. The molecule has 1 aliphatic heterocycles. The summed E-state index contributed by atoms with van der Waals surface area (Å²) in [5.41, 5.74) is 0.565. The van der Waals surface area contributed by atoms with Crippen LogP contribution in [-0.2, 0) is 4.79 Å². The lowest BCUT2D eigenvalue weighted by molar-refractivity contribution is -0.134. The van der Waals surface area contributed by atoms with E-state index in [9.17, 15) is 9.59 Å². The van der Waals surface area contributed by atoms with Gasteiger partial charge in [-0.1, -0.05) is 32.1 Å². The van der Waals surface area contributed by atoms with Crippen molar-refractivity contribution in [2.45, 2.75) is 77.2 Å². The summed E-state index contributed by atoms with van der Waals surface area (Å²) in [5.74, 6) is 0.944. The monoisotopic (exact) mass is 416 g/mol. The summed E-state index contributed by atoms with van der Waals surface area (Å²) in [7, 11) is 0. The van der Waals surface area contributed by atoms with Crippen LogP contribution in [0, 0.1) is 0 Å². The number of nitrogens with zero attached hydrogens (tertiary/aromatic N) is 1. The van der Waals surface area contributed by atoms with Gasteiger partial charge in [-0.3, -0.25) is 9.59 Å². The van der Waals surface area contributed by atoms with Crippen molar-refractivity contribution in [2.75, 3.05) is 26.3 Å². The van der Waals surface area contributed by atoms with Crippen molar-refractivity contribution >= 4 is 11.8 Å². The highest BCUT2D eigenvalue weighted by molar-refractivity contribution is 5.95. The standard InChI is InChI=1S/C24H36N2O4/c1-2-29-22-17-19(24(28)25-20-11-7-4-3-5-8-12-20)13-14-21(22)30-18-23(27)26-15-9-6-10-16-26/h13-14,17,20H,2-12,15-16,18H2,1H3,(H,25,28). The molecule has 2 fully saturated rings. The summed E-state index contributed by atoms with van der Waals surface area (Å²) in [6.07, 6.45) is 11.5. The Morgan fingerprint density at radius 1 is 0.933 bits per heavy atom. The number of rotatable bonds is 7. The molecule has 0 spiro atoms. The molecule has 0 unspecified atom stereocenters. The van der Waals surface area contributed by atoms with Crippen molar-refractivity contribution < 1.29 is 19.1 Å². The van der Waals surface area contributed by atoms with Crippen LogP contribution in [0.15, 0.2) is 18.2 Å². The van der Waals surface area contributed by atoms with Gasteiger partial charge in [0.1, 0.15) is 0 Å². The van der Waals surface area contributed by atoms with E-state index >= 15 is 0 Å². The maximum absolute atomic E-state index is 12.8. The Kier molecular flexibility index (Phi) is 8.84. The predicted molar refractivity (Wildman–Crippen MR) is 117 cm³/mol. The SMILES string of the molecule is CCOc1cc(C(=O)NC2CCCCCCC2)ccc1OCC(=O)N1CCCCC1. The third kappa shape index (κ3) is 6.64. The zero-order chi connectivity index (χ0) is 21.2. The molecule has 1 aromatic carbocycles. The second kappa shape index (κ2) is 11.8. The van der Waals surface area contributed by atoms with Gasteiger partial charge in [0.05, 0.1) is 6.61 Å². The smallest absolute Gasteiger partial charge is 0.260 e. The Morgan fingerprint density at radius 2 is 1.60 bits per heavy atom. The van der Waals surface area contributed by atoms with Gasteiger partial charge in [-0.25, -0.2) is 0 Å². The molecule has 6 nitrogen and oxygen atoms in total. The fourth-order valence-electron chi connectivity index (χ4n) is 4.28. The van der Waals surface area contributed by atoms with Gasteiger partial charge in [-0.2, -0.15) is 0 Å². The van der Waals surface area contributed by atoms with Crippen LogP contribution in [0.5, 0.6) is 11.5 Å². The maximum Gasteiger partial charge on any atom is 0.260 e. The molecule has 2 amide bonds. The molecule has 1 saturated carbocycles. The van der Waals surface area contributed by atoms with E-state index in [1.807, 2.05) is 11.8 Å². The quantitative estimate of drug-likeness (QED) is 0.719. The van der Waals surface area contributed by atoms with Gasteiger partial charge in [0.2, 0.25) is 0 Å². The number of carbonyl (C=O) groups excluding carboxylic acids is 2. The lowest BCUT2D eigenvalue weighted by Crippen LogP contribution is -2.38. The Bertz CT molecular complexity index is 692. The van der Waals surface area contributed by atoms with E-state index < -0.39 is 0 Å². The number of carbonyl (C=O) groups is 2. The van der Waals surface area contributed by atoms with Crippen molar-refractivity contribution in [3.05, 3.63) is 23.8 Å². The third-order valence-electron chi connectivity index (χ3n) is 6.01. The van der Waals surface area contributed by atoms with Crippen LogP contribution in [-0.4, -0.2) is 49.1 Å². The van der Waals surface area contributed by atoms with E-state index in [2.05, 4.69) is 5.32 Å². The Labute approximate surface area is 180 Å². The number of nitrogens with one attached hydrogen (secondary N) is 1. The normalized spacial score (nSPS) is 18.2. The number of likely N-dealkylation sites (tertiary alicyclic amines) is 1. The van der Waals surface area contributed by atoms with E-state index in [1.165, 1.54) is 38.5 Å². The highest BCUT2D eigenvalue weighted by atomic mass is 16.5. The second-order valence-corrected chi connectivity index (χ2v) is 8.34. The van der Waals surface area contributed by atoms with E-state index in [-0.39, 0.29) is 24.5 Å². The lowest BCUT2D eigenvalue weighted by Gasteiger charge is -2.26. The van der Waals surface area contributed by atoms with E-state index in [4.69, 9.17) is 9.47 Å². The van der Waals surface area contributed by atoms with Crippen molar-refractivity contribution in [3.63, 3.8) is 0 Å². The zero-order valence-corrected chi connectivity index (χ0v) is 18.3. The van der Waals surface area contributed by atoms with Gasteiger partial charge in [0.15, 0.2) is 18.1 Å². The first-order chi connectivity index (χ1) is 14.7. The molecule has 2 aliphatic rings. The molecule has 0 bridgehead atoms. The van der Waals surface area contributed by atoms with Crippen LogP contribution in [0.4, 0.5) is 0 Å². The molecule has 0 radical (unpaired) electrons. The van der Waals surface area contributed by atoms with Gasteiger partial charge >= 0.3 is 0 Å². The van der Waals surface area contributed by atoms with Crippen molar-refractivity contribution in [3.8, 4) is 11.5 Å². The Balaban J connectivity index is 1.60. The summed E-state index contributed by atoms with van der Waals surface area (Å²) in [5, 5.41) is 3.19. The number of hydrogen-bond acceptors (Lipinski definition) is 4.